The number of hydrogen-bond acceptors (Lipinski definition) is 4. The molecule has 0 saturated heterocycles. The second-order valence-corrected chi connectivity index (χ2v) is 12.3. The average Bonchev–Trinajstić information content (AvgIpc) is 3.03. The number of carbonyl (C=O) groups is 1. The van der Waals surface area contributed by atoms with E-state index in [9.17, 15) is 9.90 Å². The molecule has 0 aliphatic rings. The van der Waals surface area contributed by atoms with Gasteiger partial charge in [-0.3, -0.25) is 4.79 Å². The summed E-state index contributed by atoms with van der Waals surface area (Å²) in [5, 5.41) is 9.56. The van der Waals surface area contributed by atoms with Crippen LogP contribution in [0.2, 0.25) is 0 Å². The zero-order chi connectivity index (χ0) is 32.0. The van der Waals surface area contributed by atoms with E-state index in [1.54, 1.807) is 0 Å². The molecule has 0 saturated carbocycles. The standard InChI is InChI=1S/C40H72O4/c1-3-5-7-9-11-13-15-17-19-20-22-24-26-28-30-32-34-36-43-38-39(37-41)44-40(42)35-33-31-29-27-25-23-21-18-16-14-12-10-8-6-4-2/h12-15,18-21,39,41H,3-11,16-17,22-38H2,1-2H3/b14-12-,15-13-,20-19-,21-18-. The number of ether oxygens (including phenoxy) is 2. The average molecular weight is 617 g/mol. The van der Waals surface area contributed by atoms with Crippen molar-refractivity contribution < 1.29 is 19.4 Å². The number of unbranched alkanes of at least 4 members (excludes halogenated alkanes) is 18. The second kappa shape index (κ2) is 37.5. The molecule has 44 heavy (non-hydrogen) atoms. The highest BCUT2D eigenvalue weighted by Crippen LogP contribution is 2.11. The summed E-state index contributed by atoms with van der Waals surface area (Å²) < 4.78 is 11.1. The molecule has 0 bridgehead atoms. The van der Waals surface area contributed by atoms with Gasteiger partial charge in [0.15, 0.2) is 0 Å². The first-order valence-electron chi connectivity index (χ1n) is 18.7. The highest BCUT2D eigenvalue weighted by Gasteiger charge is 2.13. The zero-order valence-electron chi connectivity index (χ0n) is 29.2. The van der Waals surface area contributed by atoms with Crippen LogP contribution in [-0.4, -0.2) is 37.0 Å². The summed E-state index contributed by atoms with van der Waals surface area (Å²) in [6, 6.07) is 0. The molecule has 1 atom stereocenters. The summed E-state index contributed by atoms with van der Waals surface area (Å²) in [6.45, 7) is 5.26. The number of carbonyl (C=O) groups excluding carboxylic acids is 1. The van der Waals surface area contributed by atoms with Crippen LogP contribution in [-0.2, 0) is 14.3 Å². The van der Waals surface area contributed by atoms with Gasteiger partial charge in [-0.05, 0) is 77.0 Å². The molecule has 0 amide bonds. The normalized spacial score (nSPS) is 12.9. The fourth-order valence-corrected chi connectivity index (χ4v) is 5.03. The molecule has 0 aliphatic heterocycles. The molecule has 4 nitrogen and oxygen atoms in total. The predicted molar refractivity (Wildman–Crippen MR) is 191 cm³/mol. The quantitative estimate of drug-likeness (QED) is 0.0444. The molecular weight excluding hydrogens is 544 g/mol. The van der Waals surface area contributed by atoms with Gasteiger partial charge in [0.25, 0.3) is 0 Å². The Hall–Kier alpha value is -1.65. The van der Waals surface area contributed by atoms with Crippen LogP contribution in [0.1, 0.15) is 174 Å². The summed E-state index contributed by atoms with van der Waals surface area (Å²) in [6.07, 6.45) is 47.2. The van der Waals surface area contributed by atoms with Crippen molar-refractivity contribution in [1.29, 1.82) is 0 Å². The third-order valence-electron chi connectivity index (χ3n) is 7.88. The van der Waals surface area contributed by atoms with E-state index in [0.717, 1.165) is 51.4 Å². The Morgan fingerprint density at radius 1 is 0.545 bits per heavy atom. The number of esters is 1. The molecule has 1 unspecified atom stereocenters. The van der Waals surface area contributed by atoms with E-state index in [2.05, 4.69) is 62.5 Å². The number of allylic oxidation sites excluding steroid dienone is 8. The molecule has 4 heteroatoms. The van der Waals surface area contributed by atoms with Crippen LogP contribution in [0.3, 0.4) is 0 Å². The minimum atomic E-state index is -0.546. The van der Waals surface area contributed by atoms with Crippen molar-refractivity contribution in [2.24, 2.45) is 0 Å². The Bertz CT molecular complexity index is 693. The maximum Gasteiger partial charge on any atom is 0.306 e. The third kappa shape index (κ3) is 34.8. The largest absolute Gasteiger partial charge is 0.457 e. The molecule has 0 spiro atoms. The SMILES string of the molecule is CCCCC/C=C\C/C=C\CCCCCCCC(=O)OC(CO)COCCCCCCCC/C=C\C/C=C\CCCCCC. The highest BCUT2D eigenvalue weighted by atomic mass is 16.6. The van der Waals surface area contributed by atoms with Crippen LogP contribution < -0.4 is 0 Å². The van der Waals surface area contributed by atoms with Crippen molar-refractivity contribution in [1.82, 2.24) is 0 Å². The van der Waals surface area contributed by atoms with E-state index < -0.39 is 6.10 Å². The Balaban J connectivity index is 3.50. The number of aliphatic hydroxyl groups excluding tert-OH is 1. The molecule has 1 N–H and O–H groups in total. The molecule has 0 aromatic heterocycles. The van der Waals surface area contributed by atoms with Gasteiger partial charge in [-0.25, -0.2) is 0 Å². The van der Waals surface area contributed by atoms with Crippen molar-refractivity contribution in [3.63, 3.8) is 0 Å². The van der Waals surface area contributed by atoms with Gasteiger partial charge in [-0.1, -0.05) is 140 Å². The fourth-order valence-electron chi connectivity index (χ4n) is 5.03. The Labute approximate surface area is 273 Å². The van der Waals surface area contributed by atoms with Gasteiger partial charge >= 0.3 is 5.97 Å². The van der Waals surface area contributed by atoms with Gasteiger partial charge in [0.2, 0.25) is 0 Å². The first-order chi connectivity index (χ1) is 21.7. The third-order valence-corrected chi connectivity index (χ3v) is 7.88. The minimum Gasteiger partial charge on any atom is -0.457 e. The maximum atomic E-state index is 12.1. The second-order valence-electron chi connectivity index (χ2n) is 12.3. The summed E-state index contributed by atoms with van der Waals surface area (Å²) in [5.74, 6) is -0.220. The monoisotopic (exact) mass is 617 g/mol. The zero-order valence-corrected chi connectivity index (χ0v) is 29.2. The van der Waals surface area contributed by atoms with Gasteiger partial charge in [0, 0.05) is 13.0 Å². The van der Waals surface area contributed by atoms with Crippen molar-refractivity contribution in [2.45, 2.75) is 180 Å². The maximum absolute atomic E-state index is 12.1. The lowest BCUT2D eigenvalue weighted by Crippen LogP contribution is -2.27. The van der Waals surface area contributed by atoms with Gasteiger partial charge in [0.05, 0.1) is 13.2 Å². The lowest BCUT2D eigenvalue weighted by molar-refractivity contribution is -0.154. The summed E-state index contributed by atoms with van der Waals surface area (Å²) in [4.78, 5) is 12.1. The first-order valence-corrected chi connectivity index (χ1v) is 18.7. The van der Waals surface area contributed by atoms with Crippen LogP contribution in [0.25, 0.3) is 0 Å². The van der Waals surface area contributed by atoms with Crippen LogP contribution >= 0.6 is 0 Å². The Kier molecular flexibility index (Phi) is 36.1. The first kappa shape index (κ1) is 42.3. The number of aliphatic hydroxyl groups is 1. The molecule has 0 heterocycles. The van der Waals surface area contributed by atoms with Gasteiger partial charge in [-0.2, -0.15) is 0 Å². The molecule has 0 aromatic carbocycles. The highest BCUT2D eigenvalue weighted by molar-refractivity contribution is 5.69. The van der Waals surface area contributed by atoms with Gasteiger partial charge in [0.1, 0.15) is 6.10 Å². The fraction of sp³-hybridized carbons (Fsp3) is 0.775. The topological polar surface area (TPSA) is 55.8 Å². The van der Waals surface area contributed by atoms with E-state index in [1.807, 2.05) is 0 Å². The van der Waals surface area contributed by atoms with E-state index in [-0.39, 0.29) is 19.2 Å². The van der Waals surface area contributed by atoms with Crippen molar-refractivity contribution in [3.05, 3.63) is 48.6 Å². The molecule has 0 fully saturated rings. The Morgan fingerprint density at radius 2 is 0.955 bits per heavy atom. The van der Waals surface area contributed by atoms with Gasteiger partial charge in [-0.15, -0.1) is 0 Å². The van der Waals surface area contributed by atoms with Crippen molar-refractivity contribution in [2.75, 3.05) is 19.8 Å². The molecule has 0 radical (unpaired) electrons. The van der Waals surface area contributed by atoms with Crippen LogP contribution in [0.5, 0.6) is 0 Å². The Morgan fingerprint density at radius 3 is 1.45 bits per heavy atom. The van der Waals surface area contributed by atoms with E-state index in [0.29, 0.717) is 13.0 Å². The molecule has 256 valence electrons. The molecular formula is C40H72O4. The molecule has 0 aromatic rings. The van der Waals surface area contributed by atoms with E-state index in [1.165, 1.54) is 103 Å². The van der Waals surface area contributed by atoms with Crippen LogP contribution in [0.15, 0.2) is 48.6 Å². The van der Waals surface area contributed by atoms with Crippen molar-refractivity contribution >= 4 is 5.97 Å². The molecule has 0 rings (SSSR count). The smallest absolute Gasteiger partial charge is 0.306 e. The minimum absolute atomic E-state index is 0.183. The summed E-state index contributed by atoms with van der Waals surface area (Å²) in [7, 11) is 0. The van der Waals surface area contributed by atoms with E-state index in [4.69, 9.17) is 9.47 Å². The molecule has 0 aliphatic carbocycles. The lowest BCUT2D eigenvalue weighted by atomic mass is 10.1. The summed E-state index contributed by atoms with van der Waals surface area (Å²) in [5.41, 5.74) is 0. The summed E-state index contributed by atoms with van der Waals surface area (Å²) >= 11 is 0. The predicted octanol–water partition coefficient (Wildman–Crippen LogP) is 11.9. The van der Waals surface area contributed by atoms with Crippen LogP contribution in [0, 0.1) is 0 Å². The van der Waals surface area contributed by atoms with E-state index >= 15 is 0 Å². The number of hydrogen-bond donors (Lipinski definition) is 1. The lowest BCUT2D eigenvalue weighted by Gasteiger charge is -2.15. The van der Waals surface area contributed by atoms with Crippen LogP contribution in [0.4, 0.5) is 0 Å². The van der Waals surface area contributed by atoms with Crippen molar-refractivity contribution in [3.8, 4) is 0 Å². The number of rotatable bonds is 34. The van der Waals surface area contributed by atoms with Gasteiger partial charge < -0.3 is 14.6 Å².